The van der Waals surface area contributed by atoms with Crippen molar-refractivity contribution in [2.75, 3.05) is 26.7 Å². The van der Waals surface area contributed by atoms with Gasteiger partial charge in [-0.2, -0.15) is 0 Å². The standard InChI is InChI=1S/C24H27F2N3O6/c1-14(30)10-27-20(31)12-29-11-17(21-18(25)8-16(34-2)9-19(21)26)22(23(29)32)28-24(33)35-13-15-6-4-3-5-7-15/h3-9,14,17,22,30H,10-13H2,1-2H3,(H,27,31)(H,28,33)/t14?,17-,22-/m0/s1. The van der Waals surface area contributed by atoms with E-state index in [1.165, 1.54) is 14.0 Å². The summed E-state index contributed by atoms with van der Waals surface area (Å²) in [6.45, 7) is 0.728. The van der Waals surface area contributed by atoms with Crippen LogP contribution >= 0.6 is 0 Å². The highest BCUT2D eigenvalue weighted by Gasteiger charge is 2.45. The summed E-state index contributed by atoms with van der Waals surface area (Å²) in [4.78, 5) is 38.8. The molecule has 35 heavy (non-hydrogen) atoms. The second kappa shape index (κ2) is 11.6. The molecule has 188 valence electrons. The van der Waals surface area contributed by atoms with E-state index in [0.29, 0.717) is 5.56 Å². The number of carbonyl (C=O) groups excluding carboxylic acids is 3. The lowest BCUT2D eigenvalue weighted by Crippen LogP contribution is -2.46. The van der Waals surface area contributed by atoms with Crippen molar-refractivity contribution in [1.29, 1.82) is 0 Å². The van der Waals surface area contributed by atoms with E-state index in [-0.39, 0.29) is 25.4 Å². The van der Waals surface area contributed by atoms with Crippen molar-refractivity contribution in [2.45, 2.75) is 31.6 Å². The Morgan fingerprint density at radius 2 is 1.86 bits per heavy atom. The van der Waals surface area contributed by atoms with Crippen LogP contribution in [0.2, 0.25) is 0 Å². The average Bonchev–Trinajstić information content (AvgIpc) is 3.11. The Morgan fingerprint density at radius 1 is 1.20 bits per heavy atom. The Hall–Kier alpha value is -3.73. The molecule has 0 aromatic heterocycles. The largest absolute Gasteiger partial charge is 0.497 e. The number of alkyl carbamates (subject to hydrolysis) is 1. The van der Waals surface area contributed by atoms with Gasteiger partial charge in [0.05, 0.1) is 19.8 Å². The normalized spacial score (nSPS) is 18.2. The first-order valence-corrected chi connectivity index (χ1v) is 10.9. The van der Waals surface area contributed by atoms with Gasteiger partial charge in [-0.1, -0.05) is 30.3 Å². The Bertz CT molecular complexity index is 1040. The number of methoxy groups -OCH3 is 1. The fourth-order valence-electron chi connectivity index (χ4n) is 3.78. The highest BCUT2D eigenvalue weighted by atomic mass is 19.1. The molecule has 0 radical (unpaired) electrons. The van der Waals surface area contributed by atoms with Gasteiger partial charge in [0.15, 0.2) is 0 Å². The molecule has 0 bridgehead atoms. The molecule has 2 aromatic carbocycles. The third-order valence-corrected chi connectivity index (χ3v) is 5.47. The molecule has 0 spiro atoms. The molecule has 1 saturated heterocycles. The maximum Gasteiger partial charge on any atom is 0.408 e. The fraction of sp³-hybridized carbons (Fsp3) is 0.375. The van der Waals surface area contributed by atoms with Crippen molar-refractivity contribution in [3.63, 3.8) is 0 Å². The Kier molecular flexibility index (Phi) is 8.58. The van der Waals surface area contributed by atoms with Crippen LogP contribution in [0.4, 0.5) is 13.6 Å². The summed E-state index contributed by atoms with van der Waals surface area (Å²) >= 11 is 0. The minimum Gasteiger partial charge on any atom is -0.497 e. The number of aliphatic hydroxyl groups is 1. The minimum atomic E-state index is -1.37. The molecule has 3 amide bonds. The summed E-state index contributed by atoms with van der Waals surface area (Å²) in [6.07, 6.45) is -1.75. The second-order valence-electron chi connectivity index (χ2n) is 8.17. The van der Waals surface area contributed by atoms with E-state index in [0.717, 1.165) is 17.0 Å². The van der Waals surface area contributed by atoms with Crippen molar-refractivity contribution in [1.82, 2.24) is 15.5 Å². The third-order valence-electron chi connectivity index (χ3n) is 5.47. The smallest absolute Gasteiger partial charge is 0.408 e. The molecule has 3 atom stereocenters. The topological polar surface area (TPSA) is 117 Å². The van der Waals surface area contributed by atoms with Crippen LogP contribution in [-0.2, 0) is 20.9 Å². The number of carbonyl (C=O) groups is 3. The van der Waals surface area contributed by atoms with Gasteiger partial charge in [0.2, 0.25) is 11.8 Å². The molecule has 0 aliphatic carbocycles. The number of nitrogens with zero attached hydrogens (tertiary/aromatic N) is 1. The van der Waals surface area contributed by atoms with Crippen LogP contribution < -0.4 is 15.4 Å². The van der Waals surface area contributed by atoms with Crippen molar-refractivity contribution in [2.24, 2.45) is 0 Å². The van der Waals surface area contributed by atoms with Crippen molar-refractivity contribution >= 4 is 17.9 Å². The van der Waals surface area contributed by atoms with Crippen LogP contribution in [0.5, 0.6) is 5.75 Å². The number of likely N-dealkylation sites (tertiary alicyclic amines) is 1. The summed E-state index contributed by atoms with van der Waals surface area (Å²) in [6, 6.07) is 9.40. The number of amides is 3. The minimum absolute atomic E-state index is 0.0283. The first-order valence-electron chi connectivity index (χ1n) is 10.9. The van der Waals surface area contributed by atoms with Gasteiger partial charge >= 0.3 is 6.09 Å². The molecular weight excluding hydrogens is 464 g/mol. The van der Waals surface area contributed by atoms with Crippen LogP contribution in [0.25, 0.3) is 0 Å². The number of aliphatic hydroxyl groups excluding tert-OH is 1. The molecule has 0 saturated carbocycles. The maximum atomic E-state index is 14.9. The molecular formula is C24H27F2N3O6. The zero-order valence-corrected chi connectivity index (χ0v) is 19.3. The first kappa shape index (κ1) is 25.9. The van der Waals surface area contributed by atoms with E-state index in [4.69, 9.17) is 9.47 Å². The van der Waals surface area contributed by atoms with Crippen molar-refractivity contribution in [3.8, 4) is 5.75 Å². The van der Waals surface area contributed by atoms with Gasteiger partial charge < -0.3 is 30.1 Å². The molecule has 1 aliphatic heterocycles. The lowest BCUT2D eigenvalue weighted by molar-refractivity contribution is -0.134. The average molecular weight is 491 g/mol. The molecule has 2 aromatic rings. The second-order valence-corrected chi connectivity index (χ2v) is 8.17. The predicted octanol–water partition coefficient (Wildman–Crippen LogP) is 1.69. The third kappa shape index (κ3) is 6.66. The molecule has 11 heteroatoms. The predicted molar refractivity (Wildman–Crippen MR) is 120 cm³/mol. The zero-order valence-electron chi connectivity index (χ0n) is 19.3. The molecule has 1 heterocycles. The van der Waals surface area contributed by atoms with E-state index < -0.39 is 59.7 Å². The van der Waals surface area contributed by atoms with Gasteiger partial charge in [-0.05, 0) is 12.5 Å². The van der Waals surface area contributed by atoms with Crippen LogP contribution in [0.1, 0.15) is 24.0 Å². The lowest BCUT2D eigenvalue weighted by Gasteiger charge is -2.20. The van der Waals surface area contributed by atoms with Crippen LogP contribution in [-0.4, -0.2) is 66.8 Å². The Labute approximate surface area is 201 Å². The summed E-state index contributed by atoms with van der Waals surface area (Å²) in [5.41, 5.74) is 0.292. The highest BCUT2D eigenvalue weighted by Crippen LogP contribution is 2.34. The van der Waals surface area contributed by atoms with Gasteiger partial charge in [0.25, 0.3) is 0 Å². The summed E-state index contributed by atoms with van der Waals surface area (Å²) in [5.74, 6) is -4.36. The SMILES string of the molecule is COc1cc(F)c([C@@H]2CN(CC(=O)NCC(C)O)C(=O)[C@H]2NC(=O)OCc2ccccc2)c(F)c1. The molecule has 1 unspecified atom stereocenters. The Morgan fingerprint density at radius 3 is 2.46 bits per heavy atom. The Balaban J connectivity index is 1.80. The summed E-state index contributed by atoms with van der Waals surface area (Å²) in [7, 11) is 1.26. The molecule has 3 N–H and O–H groups in total. The van der Waals surface area contributed by atoms with E-state index in [1.54, 1.807) is 30.3 Å². The highest BCUT2D eigenvalue weighted by molar-refractivity contribution is 5.92. The van der Waals surface area contributed by atoms with Gasteiger partial charge in [0, 0.05) is 36.7 Å². The van der Waals surface area contributed by atoms with Crippen LogP contribution in [0.15, 0.2) is 42.5 Å². The first-order chi connectivity index (χ1) is 16.7. The fourth-order valence-corrected chi connectivity index (χ4v) is 3.78. The number of rotatable bonds is 9. The lowest BCUT2D eigenvalue weighted by atomic mass is 9.93. The van der Waals surface area contributed by atoms with Gasteiger partial charge in [-0.25, -0.2) is 13.6 Å². The number of ether oxygens (including phenoxy) is 2. The molecule has 1 aliphatic rings. The number of hydrogen-bond donors (Lipinski definition) is 3. The van der Waals surface area contributed by atoms with Gasteiger partial charge in [-0.3, -0.25) is 9.59 Å². The van der Waals surface area contributed by atoms with Crippen molar-refractivity contribution < 1.29 is 37.7 Å². The molecule has 9 nitrogen and oxygen atoms in total. The summed E-state index contributed by atoms with van der Waals surface area (Å²) in [5, 5.41) is 14.2. The number of benzene rings is 2. The van der Waals surface area contributed by atoms with Crippen LogP contribution in [0.3, 0.4) is 0 Å². The van der Waals surface area contributed by atoms with Gasteiger partial charge in [-0.15, -0.1) is 0 Å². The molecule has 1 fully saturated rings. The van der Waals surface area contributed by atoms with E-state index in [1.807, 2.05) is 0 Å². The summed E-state index contributed by atoms with van der Waals surface area (Å²) < 4.78 is 39.8. The monoisotopic (exact) mass is 491 g/mol. The number of nitrogens with one attached hydrogen (secondary N) is 2. The number of halogens is 2. The van der Waals surface area contributed by atoms with E-state index >= 15 is 0 Å². The van der Waals surface area contributed by atoms with Gasteiger partial charge in [0.1, 0.15) is 30.0 Å². The van der Waals surface area contributed by atoms with E-state index in [2.05, 4.69) is 10.6 Å². The van der Waals surface area contributed by atoms with Crippen molar-refractivity contribution in [3.05, 3.63) is 65.2 Å². The zero-order chi connectivity index (χ0) is 25.5. The van der Waals surface area contributed by atoms with Crippen LogP contribution in [0, 0.1) is 11.6 Å². The number of hydrogen-bond acceptors (Lipinski definition) is 6. The quantitative estimate of drug-likeness (QED) is 0.492. The molecule has 3 rings (SSSR count). The maximum absolute atomic E-state index is 14.9. The van der Waals surface area contributed by atoms with E-state index in [9.17, 15) is 28.3 Å².